The third-order valence-electron chi connectivity index (χ3n) is 5.13. The number of benzene rings is 1. The van der Waals surface area contributed by atoms with E-state index in [0.29, 0.717) is 12.3 Å². The summed E-state index contributed by atoms with van der Waals surface area (Å²) >= 11 is 0. The molecule has 2 atom stereocenters. The number of carboxylic acid groups (broad SMARTS) is 1. The summed E-state index contributed by atoms with van der Waals surface area (Å²) in [6, 6.07) is 8.15. The molecule has 1 aromatic carbocycles. The second kappa shape index (κ2) is 5.68. The lowest BCUT2D eigenvalue weighted by molar-refractivity contribution is -0.150. The third-order valence-corrected chi connectivity index (χ3v) is 5.13. The Hall–Kier alpha value is -1.55. The monoisotopic (exact) mass is 289 g/mol. The number of aliphatic carboxylic acids is 1. The lowest BCUT2D eigenvalue weighted by Gasteiger charge is -2.37. The highest BCUT2D eigenvalue weighted by Gasteiger charge is 2.46. The van der Waals surface area contributed by atoms with Gasteiger partial charge in [-0.1, -0.05) is 25.1 Å². The van der Waals surface area contributed by atoms with Crippen molar-refractivity contribution in [1.29, 1.82) is 0 Å². The summed E-state index contributed by atoms with van der Waals surface area (Å²) < 4.78 is 5.71. The summed E-state index contributed by atoms with van der Waals surface area (Å²) in [5.41, 5.74) is 0.568. The van der Waals surface area contributed by atoms with Crippen LogP contribution in [0.5, 0.6) is 5.75 Å². The van der Waals surface area contributed by atoms with Gasteiger partial charge in [-0.2, -0.15) is 0 Å². The molecule has 2 aliphatic rings. The third kappa shape index (κ3) is 2.42. The van der Waals surface area contributed by atoms with Gasteiger partial charge in [0, 0.05) is 12.5 Å². The number of fused-ring (bicyclic) bond motifs is 1. The van der Waals surface area contributed by atoms with E-state index in [1.807, 2.05) is 25.1 Å². The highest BCUT2D eigenvalue weighted by Crippen LogP contribution is 2.39. The summed E-state index contributed by atoms with van der Waals surface area (Å²) in [7, 11) is 0. The van der Waals surface area contributed by atoms with E-state index in [-0.39, 0.29) is 0 Å². The van der Waals surface area contributed by atoms with Crippen molar-refractivity contribution in [2.75, 3.05) is 19.7 Å². The van der Waals surface area contributed by atoms with Crippen LogP contribution < -0.4 is 4.74 Å². The fourth-order valence-electron chi connectivity index (χ4n) is 3.87. The number of para-hydroxylation sites is 1. The molecule has 1 fully saturated rings. The molecule has 2 aliphatic heterocycles. The van der Waals surface area contributed by atoms with Crippen molar-refractivity contribution < 1.29 is 14.6 Å². The van der Waals surface area contributed by atoms with E-state index >= 15 is 0 Å². The van der Waals surface area contributed by atoms with Crippen molar-refractivity contribution in [3.05, 3.63) is 29.8 Å². The smallest absolute Gasteiger partial charge is 0.324 e. The van der Waals surface area contributed by atoms with Gasteiger partial charge in [-0.25, -0.2) is 0 Å². The molecule has 0 bridgehead atoms. The van der Waals surface area contributed by atoms with Crippen molar-refractivity contribution in [2.45, 2.75) is 44.1 Å². The molecular weight excluding hydrogens is 266 g/mol. The number of hydrogen-bond donors (Lipinski definition) is 1. The number of nitrogens with zero attached hydrogens (tertiary/aromatic N) is 1. The van der Waals surface area contributed by atoms with E-state index in [0.717, 1.165) is 44.7 Å². The Balaban J connectivity index is 1.82. The van der Waals surface area contributed by atoms with Crippen LogP contribution in [0.4, 0.5) is 0 Å². The van der Waals surface area contributed by atoms with Crippen LogP contribution in [-0.2, 0) is 4.79 Å². The first-order valence-electron chi connectivity index (χ1n) is 7.87. The zero-order valence-corrected chi connectivity index (χ0v) is 12.5. The molecule has 0 saturated carbocycles. The van der Waals surface area contributed by atoms with E-state index in [4.69, 9.17) is 4.74 Å². The fraction of sp³-hybridized carbons (Fsp3) is 0.588. The predicted octanol–water partition coefficient (Wildman–Crippen LogP) is 2.88. The van der Waals surface area contributed by atoms with E-state index in [1.165, 1.54) is 5.56 Å². The van der Waals surface area contributed by atoms with Crippen molar-refractivity contribution in [3.63, 3.8) is 0 Å². The highest BCUT2D eigenvalue weighted by molar-refractivity contribution is 5.79. The van der Waals surface area contributed by atoms with Crippen LogP contribution >= 0.6 is 0 Å². The molecule has 1 aromatic rings. The van der Waals surface area contributed by atoms with E-state index < -0.39 is 11.5 Å². The van der Waals surface area contributed by atoms with Crippen LogP contribution in [0.3, 0.4) is 0 Å². The topological polar surface area (TPSA) is 49.8 Å². The van der Waals surface area contributed by atoms with Crippen LogP contribution in [0.15, 0.2) is 24.3 Å². The standard InChI is InChI=1S/C17H23NO3/c1-2-17(16(19)20)9-5-10-18(17)12-13-8-11-21-15-7-4-3-6-14(13)15/h3-4,6-7,13H,2,5,8-12H2,1H3,(H,19,20). The van der Waals surface area contributed by atoms with Gasteiger partial charge >= 0.3 is 5.97 Å². The largest absolute Gasteiger partial charge is 0.493 e. The minimum Gasteiger partial charge on any atom is -0.493 e. The molecule has 0 radical (unpaired) electrons. The molecule has 114 valence electrons. The maximum atomic E-state index is 11.8. The van der Waals surface area contributed by atoms with Gasteiger partial charge in [-0.3, -0.25) is 9.69 Å². The van der Waals surface area contributed by atoms with Gasteiger partial charge in [-0.15, -0.1) is 0 Å². The van der Waals surface area contributed by atoms with Gasteiger partial charge < -0.3 is 9.84 Å². The molecule has 2 heterocycles. The van der Waals surface area contributed by atoms with Gasteiger partial charge in [0.05, 0.1) is 6.61 Å². The average Bonchev–Trinajstić information content (AvgIpc) is 2.92. The lowest BCUT2D eigenvalue weighted by atomic mass is 9.89. The maximum absolute atomic E-state index is 11.8. The zero-order valence-electron chi connectivity index (χ0n) is 12.5. The fourth-order valence-corrected chi connectivity index (χ4v) is 3.87. The second-order valence-corrected chi connectivity index (χ2v) is 6.11. The number of hydrogen-bond acceptors (Lipinski definition) is 3. The molecule has 0 amide bonds. The molecule has 3 rings (SSSR count). The Morgan fingerprint density at radius 2 is 2.29 bits per heavy atom. The lowest BCUT2D eigenvalue weighted by Crippen LogP contribution is -2.51. The summed E-state index contributed by atoms with van der Waals surface area (Å²) in [6.07, 6.45) is 3.38. The molecule has 4 heteroatoms. The maximum Gasteiger partial charge on any atom is 0.324 e. The van der Waals surface area contributed by atoms with Gasteiger partial charge in [0.25, 0.3) is 0 Å². The van der Waals surface area contributed by atoms with Gasteiger partial charge in [0.15, 0.2) is 0 Å². The van der Waals surface area contributed by atoms with Gasteiger partial charge in [-0.05, 0) is 43.9 Å². The molecule has 1 saturated heterocycles. The van der Waals surface area contributed by atoms with Crippen molar-refractivity contribution >= 4 is 5.97 Å². The van der Waals surface area contributed by atoms with Crippen LogP contribution in [0.2, 0.25) is 0 Å². The van der Waals surface area contributed by atoms with Crippen molar-refractivity contribution in [1.82, 2.24) is 4.90 Å². The first kappa shape index (κ1) is 14.4. The molecule has 0 aliphatic carbocycles. The molecule has 2 unspecified atom stereocenters. The van der Waals surface area contributed by atoms with E-state index in [1.54, 1.807) is 0 Å². The second-order valence-electron chi connectivity index (χ2n) is 6.11. The Morgan fingerprint density at radius 1 is 1.48 bits per heavy atom. The number of rotatable bonds is 4. The van der Waals surface area contributed by atoms with Crippen molar-refractivity contribution in [2.24, 2.45) is 0 Å². The highest BCUT2D eigenvalue weighted by atomic mass is 16.5. The SMILES string of the molecule is CCC1(C(=O)O)CCCN1CC1CCOc2ccccc21. The van der Waals surface area contributed by atoms with E-state index in [2.05, 4.69) is 11.0 Å². The Labute approximate surface area is 125 Å². The minimum atomic E-state index is -0.664. The van der Waals surface area contributed by atoms with E-state index in [9.17, 15) is 9.90 Å². The first-order valence-corrected chi connectivity index (χ1v) is 7.87. The molecule has 4 nitrogen and oxygen atoms in total. The molecule has 0 aromatic heterocycles. The Morgan fingerprint density at radius 3 is 3.05 bits per heavy atom. The minimum absolute atomic E-state index is 0.373. The van der Waals surface area contributed by atoms with Gasteiger partial charge in [0.2, 0.25) is 0 Å². The normalized spacial score (nSPS) is 28.9. The molecule has 21 heavy (non-hydrogen) atoms. The Bertz CT molecular complexity index is 531. The summed E-state index contributed by atoms with van der Waals surface area (Å²) in [5.74, 6) is 0.673. The summed E-state index contributed by atoms with van der Waals surface area (Å²) in [4.78, 5) is 14.0. The number of likely N-dealkylation sites (tertiary alicyclic amines) is 1. The summed E-state index contributed by atoms with van der Waals surface area (Å²) in [5, 5.41) is 9.69. The van der Waals surface area contributed by atoms with Crippen LogP contribution in [0.1, 0.15) is 44.1 Å². The molecule has 1 N–H and O–H groups in total. The van der Waals surface area contributed by atoms with Crippen LogP contribution in [0, 0.1) is 0 Å². The Kier molecular flexibility index (Phi) is 3.89. The molecule has 0 spiro atoms. The predicted molar refractivity (Wildman–Crippen MR) is 80.8 cm³/mol. The van der Waals surface area contributed by atoms with Crippen LogP contribution in [0.25, 0.3) is 0 Å². The molecular formula is C17H23NO3. The van der Waals surface area contributed by atoms with Gasteiger partial charge in [0.1, 0.15) is 11.3 Å². The number of ether oxygens (including phenoxy) is 1. The average molecular weight is 289 g/mol. The van der Waals surface area contributed by atoms with Crippen LogP contribution in [-0.4, -0.2) is 41.2 Å². The van der Waals surface area contributed by atoms with Crippen molar-refractivity contribution in [3.8, 4) is 5.75 Å². The zero-order chi connectivity index (χ0) is 14.9. The first-order chi connectivity index (χ1) is 10.2. The number of carbonyl (C=O) groups is 1. The quantitative estimate of drug-likeness (QED) is 0.926. The number of carboxylic acids is 1. The summed E-state index contributed by atoms with van der Waals surface area (Å²) in [6.45, 7) is 4.42.